The van der Waals surface area contributed by atoms with Crippen LogP contribution in [0.1, 0.15) is 16.8 Å². The summed E-state index contributed by atoms with van der Waals surface area (Å²) in [5, 5.41) is 18.8. The molecule has 0 bridgehead atoms. The molecule has 0 aliphatic heterocycles. The first-order chi connectivity index (χ1) is 9.60. The van der Waals surface area contributed by atoms with E-state index < -0.39 is 0 Å². The van der Waals surface area contributed by atoms with Crippen molar-refractivity contribution < 1.29 is 19.7 Å². The molecule has 1 aliphatic carbocycles. The second kappa shape index (κ2) is 6.10. The first-order valence-corrected chi connectivity index (χ1v) is 6.27. The molecule has 1 atom stereocenters. The molecule has 0 heterocycles. The molecule has 0 radical (unpaired) electrons. The third kappa shape index (κ3) is 3.29. The lowest BCUT2D eigenvalue weighted by Crippen LogP contribution is -2.00. The summed E-state index contributed by atoms with van der Waals surface area (Å²) in [7, 11) is 1.61. The van der Waals surface area contributed by atoms with Crippen molar-refractivity contribution in [1.29, 1.82) is 0 Å². The average Bonchev–Trinajstić information content (AvgIpc) is 2.45. The Hall–Kier alpha value is -2.49. The quantitative estimate of drug-likeness (QED) is 0.653. The molecule has 1 aromatic carbocycles. The molecule has 0 fully saturated rings. The number of phenolic OH excluding ortho intramolecular Hbond substituents is 2. The third-order valence-electron chi connectivity index (χ3n) is 3.08. The van der Waals surface area contributed by atoms with Gasteiger partial charge in [0, 0.05) is 6.07 Å². The predicted molar refractivity (Wildman–Crippen MR) is 75.6 cm³/mol. The molecular formula is C16H16O4. The number of aromatic hydroxyl groups is 2. The van der Waals surface area contributed by atoms with Crippen LogP contribution in [0.2, 0.25) is 0 Å². The Labute approximate surface area is 117 Å². The summed E-state index contributed by atoms with van der Waals surface area (Å²) in [5.41, 5.74) is 0.173. The lowest BCUT2D eigenvalue weighted by Gasteiger charge is -2.11. The number of ether oxygens (including phenoxy) is 1. The number of ketones is 1. The number of allylic oxidation sites excluding steroid dienone is 5. The van der Waals surface area contributed by atoms with Crippen molar-refractivity contribution >= 4 is 5.78 Å². The van der Waals surface area contributed by atoms with E-state index in [2.05, 4.69) is 0 Å². The smallest absolute Gasteiger partial charge is 0.189 e. The van der Waals surface area contributed by atoms with E-state index in [9.17, 15) is 15.0 Å². The molecular weight excluding hydrogens is 256 g/mol. The molecule has 0 spiro atoms. The fraction of sp³-hybridized carbons (Fsp3) is 0.188. The summed E-state index contributed by atoms with van der Waals surface area (Å²) in [6.45, 7) is 0. The minimum absolute atomic E-state index is 0.0736. The predicted octanol–water partition coefficient (Wildman–Crippen LogP) is 2.94. The standard InChI is InChI=1S/C16H16O4/c1-20-13-6-2-11(3-7-13)4-9-15(18)14-8-5-12(17)10-16(14)19/h2,4-11,17,19H,3H2,1H3/b9-4+. The number of rotatable bonds is 4. The van der Waals surface area contributed by atoms with Gasteiger partial charge in [0.05, 0.1) is 12.7 Å². The van der Waals surface area contributed by atoms with E-state index in [1.807, 2.05) is 18.2 Å². The van der Waals surface area contributed by atoms with Crippen molar-refractivity contribution in [2.75, 3.05) is 7.11 Å². The van der Waals surface area contributed by atoms with Gasteiger partial charge in [-0.2, -0.15) is 0 Å². The highest BCUT2D eigenvalue weighted by Gasteiger charge is 2.10. The highest BCUT2D eigenvalue weighted by molar-refractivity contribution is 6.06. The summed E-state index contributed by atoms with van der Waals surface area (Å²) in [6, 6.07) is 3.92. The minimum atomic E-state index is -0.294. The fourth-order valence-electron chi connectivity index (χ4n) is 1.94. The molecule has 1 aliphatic rings. The van der Waals surface area contributed by atoms with E-state index in [1.165, 1.54) is 18.2 Å². The number of carbonyl (C=O) groups is 1. The van der Waals surface area contributed by atoms with Crippen LogP contribution in [0.3, 0.4) is 0 Å². The highest BCUT2D eigenvalue weighted by atomic mass is 16.5. The number of carbonyl (C=O) groups excluding carboxylic acids is 1. The Balaban J connectivity index is 2.03. The molecule has 2 rings (SSSR count). The maximum atomic E-state index is 11.9. The topological polar surface area (TPSA) is 66.8 Å². The third-order valence-corrected chi connectivity index (χ3v) is 3.08. The molecule has 0 saturated heterocycles. The number of methoxy groups -OCH3 is 1. The van der Waals surface area contributed by atoms with Gasteiger partial charge in [0.25, 0.3) is 0 Å². The summed E-state index contributed by atoms with van der Waals surface area (Å²) in [6.07, 6.45) is 9.77. The number of benzene rings is 1. The molecule has 1 unspecified atom stereocenters. The molecule has 104 valence electrons. The average molecular weight is 272 g/mol. The van der Waals surface area contributed by atoms with Crippen LogP contribution in [0, 0.1) is 5.92 Å². The van der Waals surface area contributed by atoms with Crippen LogP contribution in [0.15, 0.2) is 54.3 Å². The second-order valence-electron chi connectivity index (χ2n) is 4.49. The van der Waals surface area contributed by atoms with Gasteiger partial charge in [-0.15, -0.1) is 0 Å². The molecule has 0 saturated carbocycles. The van der Waals surface area contributed by atoms with Crippen molar-refractivity contribution in [3.63, 3.8) is 0 Å². The normalized spacial score (nSPS) is 18.1. The number of hydrogen-bond acceptors (Lipinski definition) is 4. The molecule has 4 nitrogen and oxygen atoms in total. The molecule has 0 amide bonds. The van der Waals surface area contributed by atoms with Crippen molar-refractivity contribution in [1.82, 2.24) is 0 Å². The van der Waals surface area contributed by atoms with E-state index in [0.717, 1.165) is 18.2 Å². The van der Waals surface area contributed by atoms with Crippen molar-refractivity contribution in [2.45, 2.75) is 6.42 Å². The van der Waals surface area contributed by atoms with Gasteiger partial charge in [0.15, 0.2) is 5.78 Å². The first kappa shape index (κ1) is 13.9. The Morgan fingerprint density at radius 2 is 2.20 bits per heavy atom. The van der Waals surface area contributed by atoms with Crippen molar-refractivity contribution in [2.24, 2.45) is 5.92 Å². The van der Waals surface area contributed by atoms with Crippen LogP contribution in [-0.4, -0.2) is 23.1 Å². The zero-order chi connectivity index (χ0) is 14.5. The Morgan fingerprint density at radius 3 is 2.80 bits per heavy atom. The zero-order valence-electron chi connectivity index (χ0n) is 11.1. The van der Waals surface area contributed by atoms with Gasteiger partial charge in [-0.1, -0.05) is 12.2 Å². The van der Waals surface area contributed by atoms with Gasteiger partial charge in [0.1, 0.15) is 17.3 Å². The van der Waals surface area contributed by atoms with E-state index >= 15 is 0 Å². The largest absolute Gasteiger partial charge is 0.508 e. The van der Waals surface area contributed by atoms with Crippen LogP contribution in [-0.2, 0) is 4.74 Å². The van der Waals surface area contributed by atoms with Gasteiger partial charge in [-0.25, -0.2) is 0 Å². The van der Waals surface area contributed by atoms with Gasteiger partial charge in [0.2, 0.25) is 0 Å². The van der Waals surface area contributed by atoms with Crippen LogP contribution >= 0.6 is 0 Å². The van der Waals surface area contributed by atoms with E-state index in [4.69, 9.17) is 4.74 Å². The van der Waals surface area contributed by atoms with Crippen LogP contribution in [0.25, 0.3) is 0 Å². The van der Waals surface area contributed by atoms with Crippen LogP contribution < -0.4 is 0 Å². The lowest BCUT2D eigenvalue weighted by atomic mass is 9.98. The van der Waals surface area contributed by atoms with E-state index in [1.54, 1.807) is 13.2 Å². The molecule has 0 aromatic heterocycles. The Morgan fingerprint density at radius 1 is 1.40 bits per heavy atom. The van der Waals surface area contributed by atoms with E-state index in [0.29, 0.717) is 0 Å². The van der Waals surface area contributed by atoms with Gasteiger partial charge >= 0.3 is 0 Å². The van der Waals surface area contributed by atoms with Crippen LogP contribution in [0.4, 0.5) is 0 Å². The maximum absolute atomic E-state index is 11.9. The van der Waals surface area contributed by atoms with Crippen molar-refractivity contribution in [3.05, 3.63) is 59.9 Å². The van der Waals surface area contributed by atoms with Gasteiger partial charge in [-0.3, -0.25) is 4.79 Å². The zero-order valence-corrected chi connectivity index (χ0v) is 11.1. The second-order valence-corrected chi connectivity index (χ2v) is 4.49. The summed E-state index contributed by atoms with van der Waals surface area (Å²) < 4.78 is 5.09. The number of hydrogen-bond donors (Lipinski definition) is 2. The monoisotopic (exact) mass is 272 g/mol. The maximum Gasteiger partial charge on any atom is 0.189 e. The SMILES string of the molecule is COC1=CCC(/C=C/C(=O)c2ccc(O)cc2O)C=C1. The fourth-order valence-corrected chi connectivity index (χ4v) is 1.94. The summed E-state index contributed by atoms with van der Waals surface area (Å²) >= 11 is 0. The van der Waals surface area contributed by atoms with E-state index in [-0.39, 0.29) is 28.8 Å². The van der Waals surface area contributed by atoms with Crippen LogP contribution in [0.5, 0.6) is 11.5 Å². The number of phenols is 2. The first-order valence-electron chi connectivity index (χ1n) is 6.27. The highest BCUT2D eigenvalue weighted by Crippen LogP contribution is 2.24. The Kier molecular flexibility index (Phi) is 4.25. The molecule has 2 N–H and O–H groups in total. The summed E-state index contributed by atoms with van der Waals surface area (Å²) in [4.78, 5) is 11.9. The lowest BCUT2D eigenvalue weighted by molar-refractivity contribution is 0.104. The molecule has 4 heteroatoms. The summed E-state index contributed by atoms with van der Waals surface area (Å²) in [5.74, 6) is 0.363. The van der Waals surface area contributed by atoms with Gasteiger partial charge < -0.3 is 14.9 Å². The molecule has 1 aromatic rings. The minimum Gasteiger partial charge on any atom is -0.508 e. The Bertz CT molecular complexity index is 596. The van der Waals surface area contributed by atoms with Crippen molar-refractivity contribution in [3.8, 4) is 11.5 Å². The van der Waals surface area contributed by atoms with Gasteiger partial charge in [-0.05, 0) is 42.7 Å². The molecule has 20 heavy (non-hydrogen) atoms.